The van der Waals surface area contributed by atoms with Crippen LogP contribution in [0.25, 0.3) is 11.1 Å². The van der Waals surface area contributed by atoms with Crippen molar-refractivity contribution in [3.63, 3.8) is 0 Å². The van der Waals surface area contributed by atoms with E-state index < -0.39 is 5.82 Å². The predicted molar refractivity (Wildman–Crippen MR) is 74.8 cm³/mol. The molecule has 104 valence electrons. The minimum absolute atomic E-state index is 0.283. The van der Waals surface area contributed by atoms with Crippen LogP contribution in [0.15, 0.2) is 30.6 Å². The van der Waals surface area contributed by atoms with Gasteiger partial charge < -0.3 is 10.0 Å². The highest BCUT2D eigenvalue weighted by molar-refractivity contribution is 5.63. The number of anilines is 1. The van der Waals surface area contributed by atoms with E-state index in [9.17, 15) is 4.39 Å². The summed E-state index contributed by atoms with van der Waals surface area (Å²) in [6.45, 7) is 1.65. The second-order valence-corrected chi connectivity index (χ2v) is 4.90. The zero-order valence-corrected chi connectivity index (χ0v) is 11.1. The van der Waals surface area contributed by atoms with Crippen molar-refractivity contribution in [2.45, 2.75) is 19.4 Å². The first-order chi connectivity index (χ1) is 9.79. The monoisotopic (exact) mass is 273 g/mol. The Morgan fingerprint density at radius 3 is 2.50 bits per heavy atom. The minimum atomic E-state index is -0.410. The lowest BCUT2D eigenvalue weighted by Gasteiger charge is -2.15. The molecule has 1 fully saturated rings. The molecule has 0 bridgehead atoms. The second kappa shape index (κ2) is 5.54. The highest BCUT2D eigenvalue weighted by Gasteiger charge is 2.15. The van der Waals surface area contributed by atoms with E-state index in [1.54, 1.807) is 30.6 Å². The molecular weight excluding hydrogens is 257 g/mol. The summed E-state index contributed by atoms with van der Waals surface area (Å²) in [5.41, 5.74) is 1.33. The Bertz CT molecular complexity index is 595. The van der Waals surface area contributed by atoms with Gasteiger partial charge in [0.25, 0.3) is 0 Å². The van der Waals surface area contributed by atoms with Gasteiger partial charge in [-0.3, -0.25) is 0 Å². The molecule has 1 aliphatic heterocycles. The van der Waals surface area contributed by atoms with Crippen LogP contribution in [0.1, 0.15) is 18.4 Å². The van der Waals surface area contributed by atoms with Gasteiger partial charge in [-0.25, -0.2) is 14.4 Å². The standard InChI is InChI=1S/C15H16FN3O/c16-14-11(10-20)4-3-5-13(14)12-8-17-15(18-9-12)19-6-1-2-7-19/h3-5,8-9,20H,1-2,6-7,10H2. The molecule has 1 aromatic carbocycles. The van der Waals surface area contributed by atoms with Crippen molar-refractivity contribution in [2.24, 2.45) is 0 Å². The van der Waals surface area contributed by atoms with Gasteiger partial charge in [0.15, 0.2) is 0 Å². The number of nitrogens with zero attached hydrogens (tertiary/aromatic N) is 3. The van der Waals surface area contributed by atoms with Crippen LogP contribution in [-0.4, -0.2) is 28.2 Å². The Balaban J connectivity index is 1.91. The van der Waals surface area contributed by atoms with Crippen LogP contribution in [0.4, 0.5) is 10.3 Å². The smallest absolute Gasteiger partial charge is 0.225 e. The molecule has 0 spiro atoms. The summed E-state index contributed by atoms with van der Waals surface area (Å²) in [6, 6.07) is 4.96. The number of benzene rings is 1. The molecule has 20 heavy (non-hydrogen) atoms. The second-order valence-electron chi connectivity index (χ2n) is 4.90. The molecular formula is C15H16FN3O. The maximum absolute atomic E-state index is 14.1. The largest absolute Gasteiger partial charge is 0.392 e. The van der Waals surface area contributed by atoms with Crippen molar-refractivity contribution >= 4 is 5.95 Å². The topological polar surface area (TPSA) is 49.3 Å². The lowest BCUT2D eigenvalue weighted by Crippen LogP contribution is -2.20. The van der Waals surface area contributed by atoms with Crippen molar-refractivity contribution in [1.29, 1.82) is 0 Å². The first-order valence-corrected chi connectivity index (χ1v) is 6.75. The fraction of sp³-hybridized carbons (Fsp3) is 0.333. The fourth-order valence-electron chi connectivity index (χ4n) is 2.47. The summed E-state index contributed by atoms with van der Waals surface area (Å²) in [5, 5.41) is 9.10. The maximum Gasteiger partial charge on any atom is 0.225 e. The van der Waals surface area contributed by atoms with Crippen molar-refractivity contribution < 1.29 is 9.50 Å². The summed E-state index contributed by atoms with van der Waals surface area (Å²) < 4.78 is 14.1. The molecule has 0 amide bonds. The predicted octanol–water partition coefficient (Wildman–Crippen LogP) is 2.38. The number of rotatable bonds is 3. The van der Waals surface area contributed by atoms with Crippen LogP contribution in [0.5, 0.6) is 0 Å². The highest BCUT2D eigenvalue weighted by atomic mass is 19.1. The average Bonchev–Trinajstić information content (AvgIpc) is 3.02. The normalized spacial score (nSPS) is 14.8. The highest BCUT2D eigenvalue weighted by Crippen LogP contribution is 2.25. The van der Waals surface area contributed by atoms with Gasteiger partial charge >= 0.3 is 0 Å². The van der Waals surface area contributed by atoms with E-state index in [1.165, 1.54) is 0 Å². The fourth-order valence-corrected chi connectivity index (χ4v) is 2.47. The SMILES string of the molecule is OCc1cccc(-c2cnc(N3CCCC3)nc2)c1F. The van der Waals surface area contributed by atoms with E-state index in [2.05, 4.69) is 14.9 Å². The van der Waals surface area contributed by atoms with Crippen LogP contribution in [0.2, 0.25) is 0 Å². The van der Waals surface area contributed by atoms with Gasteiger partial charge in [0.05, 0.1) is 6.61 Å². The molecule has 3 rings (SSSR count). The van der Waals surface area contributed by atoms with E-state index in [-0.39, 0.29) is 12.2 Å². The van der Waals surface area contributed by atoms with Crippen molar-refractivity contribution in [3.8, 4) is 11.1 Å². The first-order valence-electron chi connectivity index (χ1n) is 6.75. The van der Waals surface area contributed by atoms with Crippen LogP contribution >= 0.6 is 0 Å². The minimum Gasteiger partial charge on any atom is -0.392 e. The molecule has 2 heterocycles. The maximum atomic E-state index is 14.1. The average molecular weight is 273 g/mol. The summed E-state index contributed by atoms with van der Waals surface area (Å²) in [5.74, 6) is 0.289. The van der Waals surface area contributed by atoms with E-state index in [4.69, 9.17) is 5.11 Å². The van der Waals surface area contributed by atoms with Gasteiger partial charge in [-0.15, -0.1) is 0 Å². The third-order valence-corrected chi connectivity index (χ3v) is 3.59. The first kappa shape index (κ1) is 13.0. The molecule has 0 aliphatic carbocycles. The molecule has 0 saturated carbocycles. The number of hydrogen-bond donors (Lipinski definition) is 1. The number of aromatic nitrogens is 2. The molecule has 1 saturated heterocycles. The van der Waals surface area contributed by atoms with Crippen LogP contribution < -0.4 is 4.90 Å². The van der Waals surface area contributed by atoms with Crippen molar-refractivity contribution in [3.05, 3.63) is 42.0 Å². The molecule has 0 unspecified atom stereocenters. The summed E-state index contributed by atoms with van der Waals surface area (Å²) >= 11 is 0. The number of aliphatic hydroxyl groups is 1. The summed E-state index contributed by atoms with van der Waals surface area (Å²) in [4.78, 5) is 10.8. The summed E-state index contributed by atoms with van der Waals surface area (Å²) in [7, 11) is 0. The molecule has 0 radical (unpaired) electrons. The lowest BCUT2D eigenvalue weighted by atomic mass is 10.1. The van der Waals surface area contributed by atoms with E-state index >= 15 is 0 Å². The number of aliphatic hydroxyl groups excluding tert-OH is 1. The molecule has 5 heteroatoms. The Labute approximate surface area is 116 Å². The van der Waals surface area contributed by atoms with E-state index in [0.717, 1.165) is 25.9 Å². The Hall–Kier alpha value is -2.01. The van der Waals surface area contributed by atoms with E-state index in [0.29, 0.717) is 17.1 Å². The summed E-state index contributed by atoms with van der Waals surface area (Å²) in [6.07, 6.45) is 5.61. The number of hydrogen-bond acceptors (Lipinski definition) is 4. The van der Waals surface area contributed by atoms with Gasteiger partial charge in [-0.2, -0.15) is 0 Å². The Morgan fingerprint density at radius 1 is 1.15 bits per heavy atom. The molecule has 2 aromatic rings. The van der Waals surface area contributed by atoms with Crippen LogP contribution in [-0.2, 0) is 6.61 Å². The quantitative estimate of drug-likeness (QED) is 0.932. The number of halogens is 1. The van der Waals surface area contributed by atoms with Gasteiger partial charge in [-0.1, -0.05) is 18.2 Å². The third-order valence-electron chi connectivity index (χ3n) is 3.59. The molecule has 4 nitrogen and oxygen atoms in total. The van der Waals surface area contributed by atoms with Crippen molar-refractivity contribution in [1.82, 2.24) is 9.97 Å². The molecule has 1 N–H and O–H groups in total. The molecule has 0 atom stereocenters. The Morgan fingerprint density at radius 2 is 1.85 bits per heavy atom. The van der Waals surface area contributed by atoms with Gasteiger partial charge in [0.1, 0.15) is 5.82 Å². The van der Waals surface area contributed by atoms with Crippen molar-refractivity contribution in [2.75, 3.05) is 18.0 Å². The molecule has 1 aromatic heterocycles. The Kier molecular flexibility index (Phi) is 3.60. The van der Waals surface area contributed by atoms with Gasteiger partial charge in [0.2, 0.25) is 5.95 Å². The lowest BCUT2D eigenvalue weighted by molar-refractivity contribution is 0.276. The van der Waals surface area contributed by atoms with Crippen LogP contribution in [0, 0.1) is 5.82 Å². The molecule has 1 aliphatic rings. The zero-order valence-electron chi connectivity index (χ0n) is 11.1. The third kappa shape index (κ3) is 2.36. The van der Waals surface area contributed by atoms with Gasteiger partial charge in [0, 0.05) is 42.2 Å². The van der Waals surface area contributed by atoms with Crippen LogP contribution in [0.3, 0.4) is 0 Å². The van der Waals surface area contributed by atoms with Gasteiger partial charge in [-0.05, 0) is 12.8 Å². The van der Waals surface area contributed by atoms with E-state index in [1.807, 2.05) is 0 Å². The zero-order chi connectivity index (χ0) is 13.9.